The fourth-order valence-corrected chi connectivity index (χ4v) is 4.68. The smallest absolute Gasteiger partial charge is 0.225 e. The van der Waals surface area contributed by atoms with Gasteiger partial charge in [-0.25, -0.2) is 4.39 Å². The maximum atomic E-state index is 14.0. The monoisotopic (exact) mass is 424 g/mol. The lowest BCUT2D eigenvalue weighted by Crippen LogP contribution is -2.41. The molecule has 1 fully saturated rings. The molecule has 3 nitrogen and oxygen atoms in total. The van der Waals surface area contributed by atoms with Crippen molar-refractivity contribution < 1.29 is 9.18 Å². The van der Waals surface area contributed by atoms with Crippen molar-refractivity contribution in [2.75, 3.05) is 26.2 Å². The van der Waals surface area contributed by atoms with Crippen LogP contribution in [0.2, 0.25) is 0 Å². The molecule has 0 aromatic heterocycles. The van der Waals surface area contributed by atoms with Gasteiger partial charge in [0, 0.05) is 44.6 Å². The molecule has 2 aromatic carbocycles. The molecule has 3 rings (SSSR count). The molecule has 0 N–H and O–H groups in total. The fourth-order valence-electron chi connectivity index (χ4n) is 4.68. The van der Waals surface area contributed by atoms with Gasteiger partial charge in [0.05, 0.1) is 0 Å². The minimum Gasteiger partial charge on any atom is -0.342 e. The van der Waals surface area contributed by atoms with Gasteiger partial charge in [-0.15, -0.1) is 0 Å². The highest BCUT2D eigenvalue weighted by Gasteiger charge is 2.36. The van der Waals surface area contributed by atoms with Gasteiger partial charge in [0.1, 0.15) is 5.82 Å². The van der Waals surface area contributed by atoms with Crippen LogP contribution in [0.15, 0.2) is 48.5 Å². The van der Waals surface area contributed by atoms with Crippen molar-refractivity contribution in [3.05, 3.63) is 71.0 Å². The van der Waals surface area contributed by atoms with Gasteiger partial charge in [-0.3, -0.25) is 9.69 Å². The normalized spacial score (nSPS) is 19.4. The lowest BCUT2D eigenvalue weighted by atomic mass is 9.88. The second-order valence-electron chi connectivity index (χ2n) is 9.89. The van der Waals surface area contributed by atoms with E-state index in [9.17, 15) is 9.18 Å². The zero-order chi connectivity index (χ0) is 22.5. The number of likely N-dealkylation sites (tertiary alicyclic amines) is 1. The summed E-state index contributed by atoms with van der Waals surface area (Å²) >= 11 is 0. The highest BCUT2D eigenvalue weighted by molar-refractivity contribution is 5.78. The molecule has 1 amide bonds. The highest BCUT2D eigenvalue weighted by Crippen LogP contribution is 2.35. The Bertz CT molecular complexity index is 862. The number of hydrogen-bond donors (Lipinski definition) is 0. The third-order valence-electron chi connectivity index (χ3n) is 6.17. The number of benzene rings is 2. The van der Waals surface area contributed by atoms with Gasteiger partial charge in [-0.2, -0.15) is 0 Å². The lowest BCUT2D eigenvalue weighted by molar-refractivity contribution is -0.135. The van der Waals surface area contributed by atoms with E-state index in [0.29, 0.717) is 5.92 Å². The molecule has 0 aliphatic carbocycles. The number of aryl methyl sites for hydroxylation is 1. The summed E-state index contributed by atoms with van der Waals surface area (Å²) in [5, 5.41) is 0. The van der Waals surface area contributed by atoms with Gasteiger partial charge >= 0.3 is 0 Å². The Labute approximate surface area is 187 Å². The van der Waals surface area contributed by atoms with Crippen molar-refractivity contribution in [3.63, 3.8) is 0 Å². The van der Waals surface area contributed by atoms with Gasteiger partial charge in [0.2, 0.25) is 5.91 Å². The molecule has 2 atom stereocenters. The molecule has 0 bridgehead atoms. The summed E-state index contributed by atoms with van der Waals surface area (Å²) in [6.45, 7) is 14.5. The molecule has 2 aromatic rings. The summed E-state index contributed by atoms with van der Waals surface area (Å²) in [4.78, 5) is 17.4. The Balaban J connectivity index is 1.82. The second-order valence-corrected chi connectivity index (χ2v) is 9.89. The van der Waals surface area contributed by atoms with Crippen molar-refractivity contribution in [2.24, 2.45) is 17.8 Å². The van der Waals surface area contributed by atoms with Crippen molar-refractivity contribution in [1.29, 1.82) is 0 Å². The molecule has 1 saturated heterocycles. The number of hydrogen-bond acceptors (Lipinski definition) is 2. The summed E-state index contributed by atoms with van der Waals surface area (Å²) < 4.78 is 14.0. The molecular weight excluding hydrogens is 387 g/mol. The Hall–Kier alpha value is -2.20. The molecule has 0 saturated carbocycles. The first-order chi connectivity index (χ1) is 14.7. The van der Waals surface area contributed by atoms with E-state index in [2.05, 4.69) is 49.9 Å². The number of nitrogens with zero attached hydrogens (tertiary/aromatic N) is 2. The summed E-state index contributed by atoms with van der Waals surface area (Å²) in [5.74, 6) is 0.926. The Morgan fingerprint density at radius 1 is 1.10 bits per heavy atom. The van der Waals surface area contributed by atoms with E-state index in [1.807, 2.05) is 24.8 Å². The van der Waals surface area contributed by atoms with Crippen molar-refractivity contribution in [1.82, 2.24) is 9.80 Å². The summed E-state index contributed by atoms with van der Waals surface area (Å²) in [5.41, 5.74) is 3.59. The van der Waals surface area contributed by atoms with Crippen LogP contribution in [-0.4, -0.2) is 41.9 Å². The van der Waals surface area contributed by atoms with Gasteiger partial charge < -0.3 is 4.90 Å². The predicted octanol–water partition coefficient (Wildman–Crippen LogP) is 5.49. The largest absolute Gasteiger partial charge is 0.342 e. The maximum Gasteiger partial charge on any atom is 0.225 e. The van der Waals surface area contributed by atoms with E-state index in [1.54, 1.807) is 12.1 Å². The lowest BCUT2D eigenvalue weighted by Gasteiger charge is -2.31. The number of rotatable bonds is 8. The van der Waals surface area contributed by atoms with E-state index >= 15 is 0 Å². The van der Waals surface area contributed by atoms with Crippen LogP contribution >= 0.6 is 0 Å². The highest BCUT2D eigenvalue weighted by atomic mass is 19.1. The van der Waals surface area contributed by atoms with Crippen LogP contribution in [0.25, 0.3) is 0 Å². The van der Waals surface area contributed by atoms with Gasteiger partial charge in [-0.05, 0) is 42.0 Å². The van der Waals surface area contributed by atoms with Crippen molar-refractivity contribution in [3.8, 4) is 0 Å². The minimum absolute atomic E-state index is 0.0172. The molecule has 31 heavy (non-hydrogen) atoms. The predicted molar refractivity (Wildman–Crippen MR) is 125 cm³/mol. The Morgan fingerprint density at radius 2 is 1.81 bits per heavy atom. The molecular formula is C27H37FN2O. The third-order valence-corrected chi connectivity index (χ3v) is 6.17. The van der Waals surface area contributed by atoms with Crippen LogP contribution in [0.3, 0.4) is 0 Å². The fraction of sp³-hybridized carbons (Fsp3) is 0.519. The van der Waals surface area contributed by atoms with Crippen LogP contribution in [0.5, 0.6) is 0 Å². The summed E-state index contributed by atoms with van der Waals surface area (Å²) in [7, 11) is 0. The van der Waals surface area contributed by atoms with Crippen LogP contribution < -0.4 is 0 Å². The molecule has 0 spiro atoms. The SMILES string of the molecule is Cc1ccc(CN2C[C@@H](CN(CC(C)C)C(=O)C(C)C)[C@H](c3cccc(F)c3)C2)cc1. The number of carbonyl (C=O) groups is 1. The Kier molecular flexibility index (Phi) is 7.88. The van der Waals surface area contributed by atoms with E-state index < -0.39 is 0 Å². The van der Waals surface area contributed by atoms with Crippen LogP contribution in [0, 0.1) is 30.5 Å². The first-order valence-corrected chi connectivity index (χ1v) is 11.5. The van der Waals surface area contributed by atoms with Gasteiger partial charge in [0.25, 0.3) is 0 Å². The standard InChI is InChI=1S/C27H37FN2O/c1-19(2)14-30(27(31)20(3)4)17-24-16-29(15-22-11-9-21(5)10-12-22)18-26(24)23-7-6-8-25(28)13-23/h6-13,19-20,24,26H,14-18H2,1-5H3/t24-,26-/m0/s1. The summed E-state index contributed by atoms with van der Waals surface area (Å²) in [6.07, 6.45) is 0. The molecule has 0 unspecified atom stereocenters. The first-order valence-electron chi connectivity index (χ1n) is 11.5. The third kappa shape index (κ3) is 6.39. The second kappa shape index (κ2) is 10.4. The topological polar surface area (TPSA) is 23.6 Å². The first kappa shape index (κ1) is 23.5. The number of carbonyl (C=O) groups excluding carboxylic acids is 1. The van der Waals surface area contributed by atoms with Gasteiger partial charge in [-0.1, -0.05) is 69.7 Å². The molecule has 1 aliphatic rings. The zero-order valence-electron chi connectivity index (χ0n) is 19.6. The van der Waals surface area contributed by atoms with E-state index in [0.717, 1.165) is 38.3 Å². The average Bonchev–Trinajstić information content (AvgIpc) is 3.10. The van der Waals surface area contributed by atoms with Crippen LogP contribution in [0.4, 0.5) is 4.39 Å². The van der Waals surface area contributed by atoms with Gasteiger partial charge in [0.15, 0.2) is 0 Å². The van der Waals surface area contributed by atoms with E-state index in [4.69, 9.17) is 0 Å². The molecule has 1 heterocycles. The van der Waals surface area contributed by atoms with Crippen molar-refractivity contribution >= 4 is 5.91 Å². The quantitative estimate of drug-likeness (QED) is 0.559. The average molecular weight is 425 g/mol. The van der Waals surface area contributed by atoms with Crippen LogP contribution in [0.1, 0.15) is 50.3 Å². The molecule has 0 radical (unpaired) electrons. The van der Waals surface area contributed by atoms with E-state index in [1.165, 1.54) is 17.2 Å². The van der Waals surface area contributed by atoms with Crippen LogP contribution in [-0.2, 0) is 11.3 Å². The molecule has 1 aliphatic heterocycles. The summed E-state index contributed by atoms with van der Waals surface area (Å²) in [6, 6.07) is 15.7. The Morgan fingerprint density at radius 3 is 2.42 bits per heavy atom. The van der Waals surface area contributed by atoms with Crippen molar-refractivity contribution in [2.45, 2.75) is 47.1 Å². The van der Waals surface area contributed by atoms with E-state index in [-0.39, 0.29) is 29.5 Å². The molecule has 168 valence electrons. The minimum atomic E-state index is -0.189. The number of halogens is 1. The molecule has 4 heteroatoms. The number of amides is 1. The maximum absolute atomic E-state index is 14.0. The zero-order valence-corrected chi connectivity index (χ0v) is 19.6.